The second-order valence-corrected chi connectivity index (χ2v) is 2.81. The van der Waals surface area contributed by atoms with E-state index in [2.05, 4.69) is 0 Å². The summed E-state index contributed by atoms with van der Waals surface area (Å²) >= 11 is 0. The topological polar surface area (TPSA) is 18.5 Å². The monoisotopic (exact) mass is 128 g/mol. The van der Waals surface area contributed by atoms with Gasteiger partial charge in [0.2, 0.25) is 0 Å². The Labute approximate surface area is 55.1 Å². The van der Waals surface area contributed by atoms with Gasteiger partial charge in [-0.25, -0.2) is 0 Å². The van der Waals surface area contributed by atoms with Crippen molar-refractivity contribution in [3.05, 3.63) is 0 Å². The maximum Gasteiger partial charge on any atom is 0.147 e. The predicted octanol–water partition coefficient (Wildman–Crippen LogP) is 1.30. The van der Waals surface area contributed by atoms with Crippen LogP contribution in [0.5, 0.6) is 0 Å². The predicted molar refractivity (Wildman–Crippen MR) is 33.1 cm³/mol. The van der Waals surface area contributed by atoms with Gasteiger partial charge in [-0.1, -0.05) is 12.8 Å². The van der Waals surface area contributed by atoms with Crippen molar-refractivity contribution in [3.8, 4) is 0 Å². The molecule has 0 spiro atoms. The summed E-state index contributed by atoms with van der Waals surface area (Å²) in [5, 5.41) is 0. The SMILES string of the molecule is C1CC[C@@H]2OCOC2C1. The highest BCUT2D eigenvalue weighted by Crippen LogP contribution is 2.27. The normalized spacial score (nSPS) is 42.7. The summed E-state index contributed by atoms with van der Waals surface area (Å²) < 4.78 is 10.7. The molecule has 0 aromatic rings. The van der Waals surface area contributed by atoms with Gasteiger partial charge < -0.3 is 9.47 Å². The van der Waals surface area contributed by atoms with Gasteiger partial charge in [0, 0.05) is 0 Å². The lowest BCUT2D eigenvalue weighted by molar-refractivity contribution is 0.0396. The third-order valence-corrected chi connectivity index (χ3v) is 2.21. The van der Waals surface area contributed by atoms with Crippen molar-refractivity contribution in [2.24, 2.45) is 0 Å². The summed E-state index contributed by atoms with van der Waals surface area (Å²) in [5.41, 5.74) is 0. The molecule has 0 bridgehead atoms. The summed E-state index contributed by atoms with van der Waals surface area (Å²) in [6.07, 6.45) is 5.96. The van der Waals surface area contributed by atoms with Gasteiger partial charge in [0.1, 0.15) is 6.79 Å². The van der Waals surface area contributed by atoms with Crippen molar-refractivity contribution < 1.29 is 9.47 Å². The van der Waals surface area contributed by atoms with Crippen molar-refractivity contribution in [1.82, 2.24) is 0 Å². The minimum absolute atomic E-state index is 0.443. The van der Waals surface area contributed by atoms with Crippen LogP contribution >= 0.6 is 0 Å². The molecule has 1 heterocycles. The molecule has 0 aromatic carbocycles. The number of hydrogen-bond acceptors (Lipinski definition) is 2. The van der Waals surface area contributed by atoms with E-state index in [1.165, 1.54) is 25.7 Å². The third kappa shape index (κ3) is 0.970. The molecule has 1 aliphatic heterocycles. The highest BCUT2D eigenvalue weighted by Gasteiger charge is 2.30. The van der Waals surface area contributed by atoms with E-state index in [4.69, 9.17) is 9.47 Å². The lowest BCUT2D eigenvalue weighted by Crippen LogP contribution is -2.25. The molecule has 2 heteroatoms. The van der Waals surface area contributed by atoms with Crippen LogP contribution in [0, 0.1) is 0 Å². The number of ether oxygens (including phenoxy) is 2. The summed E-state index contributed by atoms with van der Waals surface area (Å²) in [4.78, 5) is 0. The van der Waals surface area contributed by atoms with E-state index >= 15 is 0 Å². The molecule has 0 radical (unpaired) electrons. The summed E-state index contributed by atoms with van der Waals surface area (Å²) in [7, 11) is 0. The zero-order valence-corrected chi connectivity index (χ0v) is 5.51. The van der Waals surface area contributed by atoms with Crippen LogP contribution in [0.4, 0.5) is 0 Å². The maximum atomic E-state index is 5.33. The first-order valence-corrected chi connectivity index (χ1v) is 3.70. The first-order chi connectivity index (χ1) is 4.47. The fourth-order valence-electron chi connectivity index (χ4n) is 1.66. The molecule has 1 saturated carbocycles. The molecule has 0 amide bonds. The quantitative estimate of drug-likeness (QED) is 0.489. The molecular weight excluding hydrogens is 116 g/mol. The summed E-state index contributed by atoms with van der Waals surface area (Å²) in [6.45, 7) is 0.537. The molecule has 2 nitrogen and oxygen atoms in total. The first kappa shape index (κ1) is 5.69. The Hall–Kier alpha value is -0.0800. The van der Waals surface area contributed by atoms with Crippen molar-refractivity contribution in [1.29, 1.82) is 0 Å². The van der Waals surface area contributed by atoms with Crippen molar-refractivity contribution in [3.63, 3.8) is 0 Å². The standard InChI is InChI=1S/C7H12O2/c1-2-4-7-6(3-1)8-5-9-7/h6-7H,1-5H2/t6-,7?/m0/s1. The Morgan fingerprint density at radius 1 is 0.889 bits per heavy atom. The van der Waals surface area contributed by atoms with Gasteiger partial charge in [-0.05, 0) is 12.8 Å². The Bertz CT molecular complexity index is 91.1. The van der Waals surface area contributed by atoms with Gasteiger partial charge in [-0.15, -0.1) is 0 Å². The van der Waals surface area contributed by atoms with Crippen LogP contribution in [-0.4, -0.2) is 19.0 Å². The molecule has 2 fully saturated rings. The number of rotatable bonds is 0. The lowest BCUT2D eigenvalue weighted by Gasteiger charge is -2.21. The average molecular weight is 128 g/mol. The zero-order valence-electron chi connectivity index (χ0n) is 5.51. The van der Waals surface area contributed by atoms with Gasteiger partial charge in [0.05, 0.1) is 12.2 Å². The van der Waals surface area contributed by atoms with Gasteiger partial charge in [0.25, 0.3) is 0 Å². The molecule has 52 valence electrons. The van der Waals surface area contributed by atoms with Gasteiger partial charge >= 0.3 is 0 Å². The van der Waals surface area contributed by atoms with Crippen LogP contribution in [0.1, 0.15) is 25.7 Å². The third-order valence-electron chi connectivity index (χ3n) is 2.21. The van der Waals surface area contributed by atoms with E-state index in [9.17, 15) is 0 Å². The summed E-state index contributed by atoms with van der Waals surface area (Å²) in [6, 6.07) is 0. The Kier molecular flexibility index (Phi) is 1.44. The fraction of sp³-hybridized carbons (Fsp3) is 1.00. The lowest BCUT2D eigenvalue weighted by atomic mass is 9.95. The highest BCUT2D eigenvalue weighted by atomic mass is 16.7. The highest BCUT2D eigenvalue weighted by molar-refractivity contribution is 4.78. The molecule has 1 aliphatic carbocycles. The van der Waals surface area contributed by atoms with Crippen LogP contribution in [-0.2, 0) is 9.47 Å². The second-order valence-electron chi connectivity index (χ2n) is 2.81. The Morgan fingerprint density at radius 3 is 2.00 bits per heavy atom. The molecule has 2 atom stereocenters. The smallest absolute Gasteiger partial charge is 0.147 e. The van der Waals surface area contributed by atoms with E-state index < -0.39 is 0 Å². The van der Waals surface area contributed by atoms with Crippen LogP contribution in [0.15, 0.2) is 0 Å². The van der Waals surface area contributed by atoms with E-state index in [1.54, 1.807) is 0 Å². The molecule has 0 aromatic heterocycles. The van der Waals surface area contributed by atoms with Crippen LogP contribution in [0.2, 0.25) is 0 Å². The van der Waals surface area contributed by atoms with E-state index in [1.807, 2.05) is 0 Å². The Morgan fingerprint density at radius 2 is 1.44 bits per heavy atom. The van der Waals surface area contributed by atoms with Crippen molar-refractivity contribution >= 4 is 0 Å². The van der Waals surface area contributed by atoms with Crippen molar-refractivity contribution in [2.45, 2.75) is 37.9 Å². The van der Waals surface area contributed by atoms with Gasteiger partial charge in [-0.2, -0.15) is 0 Å². The second kappa shape index (κ2) is 2.27. The van der Waals surface area contributed by atoms with Gasteiger partial charge in [-0.3, -0.25) is 0 Å². The fourth-order valence-corrected chi connectivity index (χ4v) is 1.66. The molecule has 2 aliphatic rings. The average Bonchev–Trinajstić information content (AvgIpc) is 2.33. The van der Waals surface area contributed by atoms with Crippen LogP contribution < -0.4 is 0 Å². The first-order valence-electron chi connectivity index (χ1n) is 3.70. The molecular formula is C7H12O2. The molecule has 2 rings (SSSR count). The number of fused-ring (bicyclic) bond motifs is 1. The van der Waals surface area contributed by atoms with Gasteiger partial charge in [0.15, 0.2) is 0 Å². The maximum absolute atomic E-state index is 5.33. The minimum Gasteiger partial charge on any atom is -0.349 e. The number of hydrogen-bond donors (Lipinski definition) is 0. The molecule has 1 saturated heterocycles. The largest absolute Gasteiger partial charge is 0.349 e. The van der Waals surface area contributed by atoms with Crippen LogP contribution in [0.25, 0.3) is 0 Å². The zero-order chi connectivity index (χ0) is 6.10. The van der Waals surface area contributed by atoms with E-state index in [-0.39, 0.29) is 0 Å². The molecule has 0 N–H and O–H groups in total. The van der Waals surface area contributed by atoms with Crippen molar-refractivity contribution in [2.75, 3.05) is 6.79 Å². The summed E-state index contributed by atoms with van der Waals surface area (Å²) in [5.74, 6) is 0. The van der Waals surface area contributed by atoms with Crippen LogP contribution in [0.3, 0.4) is 0 Å². The van der Waals surface area contributed by atoms with E-state index in [0.717, 1.165) is 0 Å². The molecule has 9 heavy (non-hydrogen) atoms. The Balaban J connectivity index is 1.97. The minimum atomic E-state index is 0.443. The molecule has 1 unspecified atom stereocenters. The van der Waals surface area contributed by atoms with E-state index in [0.29, 0.717) is 19.0 Å².